The molecule has 2 aliphatic heterocycles. The zero-order chi connectivity index (χ0) is 15.9. The molecule has 2 aromatic carbocycles. The van der Waals surface area contributed by atoms with Crippen LogP contribution in [0.3, 0.4) is 0 Å². The Labute approximate surface area is 135 Å². The Balaban J connectivity index is 1.60. The van der Waals surface area contributed by atoms with E-state index in [0.717, 1.165) is 30.8 Å². The van der Waals surface area contributed by atoms with Crippen molar-refractivity contribution in [2.45, 2.75) is 23.3 Å². The summed E-state index contributed by atoms with van der Waals surface area (Å²) < 4.78 is 35.7. The van der Waals surface area contributed by atoms with Gasteiger partial charge in [-0.2, -0.15) is 8.42 Å². The summed E-state index contributed by atoms with van der Waals surface area (Å²) in [4.78, 5) is 0.138. The van der Waals surface area contributed by atoms with Crippen molar-refractivity contribution >= 4 is 10.1 Å². The molecule has 2 aliphatic rings. The summed E-state index contributed by atoms with van der Waals surface area (Å²) in [6, 6.07) is 13.4. The van der Waals surface area contributed by atoms with Crippen molar-refractivity contribution in [2.75, 3.05) is 13.1 Å². The highest BCUT2D eigenvalue weighted by molar-refractivity contribution is 7.87. The number of hydrogen-bond acceptors (Lipinski definition) is 5. The quantitative estimate of drug-likeness (QED) is 0.874. The van der Waals surface area contributed by atoms with Crippen LogP contribution in [0.2, 0.25) is 0 Å². The first-order chi connectivity index (χ1) is 11.1. The lowest BCUT2D eigenvalue weighted by atomic mass is 9.90. The van der Waals surface area contributed by atoms with Gasteiger partial charge in [0.25, 0.3) is 0 Å². The standard InChI is InChI=1S/C17H17NO4S/c19-23(20,13-4-2-1-3-5-13)22-12-6-7-14-15-8-9-18-11-17(15)21-16(14)10-12/h1-7,10,15,17-18H,8-9,11H2. The first kappa shape index (κ1) is 14.5. The summed E-state index contributed by atoms with van der Waals surface area (Å²) in [5.74, 6) is 1.38. The second-order valence-electron chi connectivity index (χ2n) is 5.81. The van der Waals surface area contributed by atoms with E-state index in [1.165, 1.54) is 12.1 Å². The van der Waals surface area contributed by atoms with Gasteiger partial charge in [-0.3, -0.25) is 0 Å². The molecule has 0 bridgehead atoms. The molecule has 1 fully saturated rings. The van der Waals surface area contributed by atoms with Crippen LogP contribution in [0.15, 0.2) is 53.4 Å². The van der Waals surface area contributed by atoms with E-state index in [4.69, 9.17) is 8.92 Å². The minimum atomic E-state index is -3.82. The molecule has 2 heterocycles. The van der Waals surface area contributed by atoms with Crippen LogP contribution in [-0.2, 0) is 10.1 Å². The largest absolute Gasteiger partial charge is 0.488 e. The van der Waals surface area contributed by atoms with Crippen LogP contribution in [-0.4, -0.2) is 27.6 Å². The van der Waals surface area contributed by atoms with Crippen LogP contribution in [0, 0.1) is 0 Å². The van der Waals surface area contributed by atoms with Crippen molar-refractivity contribution in [1.82, 2.24) is 5.32 Å². The Hall–Kier alpha value is -2.05. The van der Waals surface area contributed by atoms with Crippen molar-refractivity contribution in [1.29, 1.82) is 0 Å². The highest BCUT2D eigenvalue weighted by atomic mass is 32.2. The lowest BCUT2D eigenvalue weighted by Crippen LogP contribution is -2.39. The fourth-order valence-corrected chi connectivity index (χ4v) is 4.15. The van der Waals surface area contributed by atoms with E-state index in [1.54, 1.807) is 30.3 Å². The van der Waals surface area contributed by atoms with Crippen LogP contribution < -0.4 is 14.2 Å². The maximum atomic E-state index is 12.3. The van der Waals surface area contributed by atoms with Crippen molar-refractivity contribution < 1.29 is 17.3 Å². The van der Waals surface area contributed by atoms with Crippen LogP contribution in [0.5, 0.6) is 11.5 Å². The SMILES string of the molecule is O=S(=O)(Oc1ccc2c(c1)OC1CNCCC21)c1ccccc1. The van der Waals surface area contributed by atoms with Gasteiger partial charge in [0.05, 0.1) is 0 Å². The molecule has 23 heavy (non-hydrogen) atoms. The Morgan fingerprint density at radius 1 is 1.13 bits per heavy atom. The molecule has 6 heteroatoms. The van der Waals surface area contributed by atoms with Crippen molar-refractivity contribution in [2.24, 2.45) is 0 Å². The maximum absolute atomic E-state index is 12.3. The second kappa shape index (κ2) is 5.54. The monoisotopic (exact) mass is 331 g/mol. The Morgan fingerprint density at radius 2 is 1.96 bits per heavy atom. The minimum absolute atomic E-state index is 0.125. The molecule has 0 spiro atoms. The number of nitrogens with one attached hydrogen (secondary N) is 1. The molecule has 120 valence electrons. The molecule has 0 aromatic heterocycles. The fourth-order valence-electron chi connectivity index (χ4n) is 3.21. The summed E-state index contributed by atoms with van der Waals surface area (Å²) >= 11 is 0. The Morgan fingerprint density at radius 3 is 2.78 bits per heavy atom. The fraction of sp³-hybridized carbons (Fsp3) is 0.294. The number of hydrogen-bond donors (Lipinski definition) is 1. The van der Waals surface area contributed by atoms with Gasteiger partial charge in [-0.05, 0) is 31.2 Å². The number of rotatable bonds is 3. The van der Waals surface area contributed by atoms with Crippen LogP contribution in [0.4, 0.5) is 0 Å². The topological polar surface area (TPSA) is 64.6 Å². The van der Waals surface area contributed by atoms with Gasteiger partial charge in [-0.15, -0.1) is 0 Å². The smallest absolute Gasteiger partial charge is 0.339 e. The van der Waals surface area contributed by atoms with Gasteiger partial charge < -0.3 is 14.2 Å². The zero-order valence-electron chi connectivity index (χ0n) is 12.4. The first-order valence-electron chi connectivity index (χ1n) is 7.64. The molecule has 0 radical (unpaired) electrons. The number of benzene rings is 2. The number of ether oxygens (including phenoxy) is 1. The lowest BCUT2D eigenvalue weighted by molar-refractivity contribution is 0.176. The average Bonchev–Trinajstić information content (AvgIpc) is 2.93. The third-order valence-corrected chi connectivity index (χ3v) is 5.59. The third kappa shape index (κ3) is 2.68. The summed E-state index contributed by atoms with van der Waals surface area (Å²) in [5.41, 5.74) is 1.14. The predicted octanol–water partition coefficient (Wildman–Crippen LogP) is 2.29. The molecule has 0 saturated carbocycles. The van der Waals surface area contributed by atoms with E-state index in [1.807, 2.05) is 6.07 Å². The molecule has 1 N–H and O–H groups in total. The van der Waals surface area contributed by atoms with Gasteiger partial charge in [-0.25, -0.2) is 0 Å². The van der Waals surface area contributed by atoms with E-state index in [9.17, 15) is 8.42 Å². The van der Waals surface area contributed by atoms with Gasteiger partial charge in [0, 0.05) is 24.1 Å². The van der Waals surface area contributed by atoms with Gasteiger partial charge in [0.2, 0.25) is 0 Å². The Kier molecular flexibility index (Phi) is 3.50. The predicted molar refractivity (Wildman–Crippen MR) is 85.3 cm³/mol. The van der Waals surface area contributed by atoms with Crippen LogP contribution >= 0.6 is 0 Å². The molecular weight excluding hydrogens is 314 g/mol. The van der Waals surface area contributed by atoms with E-state index in [0.29, 0.717) is 5.92 Å². The van der Waals surface area contributed by atoms with Crippen LogP contribution in [0.1, 0.15) is 17.9 Å². The summed E-state index contributed by atoms with van der Waals surface area (Å²) in [6.07, 6.45) is 1.15. The average molecular weight is 331 g/mol. The molecule has 5 nitrogen and oxygen atoms in total. The van der Waals surface area contributed by atoms with Gasteiger partial charge >= 0.3 is 10.1 Å². The van der Waals surface area contributed by atoms with E-state index in [2.05, 4.69) is 5.32 Å². The van der Waals surface area contributed by atoms with E-state index >= 15 is 0 Å². The first-order valence-corrected chi connectivity index (χ1v) is 9.05. The van der Waals surface area contributed by atoms with Gasteiger partial charge in [0.1, 0.15) is 22.5 Å². The highest BCUT2D eigenvalue weighted by Crippen LogP contribution is 2.43. The zero-order valence-corrected chi connectivity index (χ0v) is 13.3. The molecule has 0 amide bonds. The van der Waals surface area contributed by atoms with Crippen molar-refractivity contribution in [3.63, 3.8) is 0 Å². The molecule has 1 saturated heterocycles. The minimum Gasteiger partial charge on any atom is -0.488 e. The van der Waals surface area contributed by atoms with Gasteiger partial charge in [0.15, 0.2) is 0 Å². The normalized spacial score (nSPS) is 22.8. The molecule has 0 aliphatic carbocycles. The highest BCUT2D eigenvalue weighted by Gasteiger charge is 2.36. The molecule has 2 atom stereocenters. The summed E-state index contributed by atoms with van der Waals surface area (Å²) in [6.45, 7) is 1.79. The third-order valence-electron chi connectivity index (χ3n) is 4.33. The van der Waals surface area contributed by atoms with Crippen molar-refractivity contribution in [3.8, 4) is 11.5 Å². The summed E-state index contributed by atoms with van der Waals surface area (Å²) in [7, 11) is -3.82. The lowest BCUT2D eigenvalue weighted by Gasteiger charge is -2.24. The molecule has 2 aromatic rings. The van der Waals surface area contributed by atoms with Crippen LogP contribution in [0.25, 0.3) is 0 Å². The van der Waals surface area contributed by atoms with Gasteiger partial charge in [-0.1, -0.05) is 24.3 Å². The van der Waals surface area contributed by atoms with E-state index in [-0.39, 0.29) is 16.7 Å². The van der Waals surface area contributed by atoms with E-state index < -0.39 is 10.1 Å². The second-order valence-corrected chi connectivity index (χ2v) is 7.35. The molecular formula is C17H17NO4S. The number of fused-ring (bicyclic) bond motifs is 3. The Bertz CT molecular complexity index is 820. The van der Waals surface area contributed by atoms with Crippen molar-refractivity contribution in [3.05, 3.63) is 54.1 Å². The molecule has 2 unspecified atom stereocenters. The molecule has 4 rings (SSSR count). The summed E-state index contributed by atoms with van der Waals surface area (Å²) in [5, 5.41) is 3.31. The maximum Gasteiger partial charge on any atom is 0.339 e. The number of piperidine rings is 1.